The third-order valence-electron chi connectivity index (χ3n) is 4.02. The Hall–Kier alpha value is -2.29. The van der Waals surface area contributed by atoms with Crippen molar-refractivity contribution in [2.45, 2.75) is 20.3 Å². The molecule has 1 aliphatic heterocycles. The highest BCUT2D eigenvalue weighted by molar-refractivity contribution is 5.93. The Balaban J connectivity index is 1.70. The molecule has 0 aliphatic carbocycles. The number of anilines is 1. The zero-order chi connectivity index (χ0) is 14.8. The van der Waals surface area contributed by atoms with E-state index in [0.717, 1.165) is 23.4 Å². The molecule has 3 heteroatoms. The Morgan fingerprint density at radius 3 is 2.76 bits per heavy atom. The second kappa shape index (κ2) is 5.60. The first-order valence-electron chi connectivity index (χ1n) is 7.22. The van der Waals surface area contributed by atoms with Crippen LogP contribution in [0.15, 0.2) is 42.5 Å². The fourth-order valence-corrected chi connectivity index (χ4v) is 2.56. The van der Waals surface area contributed by atoms with Crippen LogP contribution in [-0.4, -0.2) is 12.5 Å². The standard InChI is InChI=1S/C18H19NO2/c1-12-7-8-16(9-13(12)2)19-18(20)15-10-14-5-3-4-6-17(14)21-11-15/h3-9,15H,10-11H2,1-2H3,(H,19,20). The minimum atomic E-state index is -0.137. The first-order chi connectivity index (χ1) is 10.1. The molecular weight excluding hydrogens is 262 g/mol. The number of rotatable bonds is 2. The first kappa shape index (κ1) is 13.7. The zero-order valence-corrected chi connectivity index (χ0v) is 12.3. The van der Waals surface area contributed by atoms with Gasteiger partial charge in [0.05, 0.1) is 5.92 Å². The lowest BCUT2D eigenvalue weighted by molar-refractivity contribution is -0.121. The number of nitrogens with one attached hydrogen (secondary N) is 1. The van der Waals surface area contributed by atoms with Gasteiger partial charge in [-0.3, -0.25) is 4.79 Å². The summed E-state index contributed by atoms with van der Waals surface area (Å²) in [5.74, 6) is 0.780. The van der Waals surface area contributed by atoms with E-state index in [1.54, 1.807) is 0 Å². The summed E-state index contributed by atoms with van der Waals surface area (Å²) >= 11 is 0. The first-order valence-corrected chi connectivity index (χ1v) is 7.22. The van der Waals surface area contributed by atoms with E-state index in [4.69, 9.17) is 4.74 Å². The third kappa shape index (κ3) is 2.92. The molecule has 2 aromatic carbocycles. The van der Waals surface area contributed by atoms with Crippen molar-refractivity contribution in [2.24, 2.45) is 5.92 Å². The predicted molar refractivity (Wildman–Crippen MR) is 83.7 cm³/mol. The van der Waals surface area contributed by atoms with Crippen LogP contribution in [0.4, 0.5) is 5.69 Å². The normalized spacial score (nSPS) is 16.8. The number of amides is 1. The van der Waals surface area contributed by atoms with Gasteiger partial charge in [0.1, 0.15) is 12.4 Å². The topological polar surface area (TPSA) is 38.3 Å². The lowest BCUT2D eigenvalue weighted by Gasteiger charge is -2.24. The molecule has 1 unspecified atom stereocenters. The van der Waals surface area contributed by atoms with E-state index in [1.807, 2.05) is 49.4 Å². The van der Waals surface area contributed by atoms with Crippen molar-refractivity contribution in [3.05, 3.63) is 59.2 Å². The predicted octanol–water partition coefficient (Wildman–Crippen LogP) is 3.49. The van der Waals surface area contributed by atoms with Gasteiger partial charge in [-0.05, 0) is 55.2 Å². The van der Waals surface area contributed by atoms with Gasteiger partial charge in [0.25, 0.3) is 0 Å². The summed E-state index contributed by atoms with van der Waals surface area (Å²) in [6, 6.07) is 13.9. The van der Waals surface area contributed by atoms with Gasteiger partial charge in [0.2, 0.25) is 5.91 Å². The molecule has 0 saturated carbocycles. The summed E-state index contributed by atoms with van der Waals surface area (Å²) in [5.41, 5.74) is 4.35. The summed E-state index contributed by atoms with van der Waals surface area (Å²) in [4.78, 5) is 12.4. The number of carbonyl (C=O) groups excluding carboxylic acids is 1. The van der Waals surface area contributed by atoms with E-state index < -0.39 is 0 Å². The molecule has 3 nitrogen and oxygen atoms in total. The highest BCUT2D eigenvalue weighted by atomic mass is 16.5. The summed E-state index contributed by atoms with van der Waals surface area (Å²) in [7, 11) is 0. The van der Waals surface area contributed by atoms with E-state index in [1.165, 1.54) is 11.1 Å². The number of hydrogen-bond donors (Lipinski definition) is 1. The molecule has 0 spiro atoms. The number of benzene rings is 2. The van der Waals surface area contributed by atoms with Crippen molar-refractivity contribution >= 4 is 11.6 Å². The summed E-state index contributed by atoms with van der Waals surface area (Å²) in [6.07, 6.45) is 0.729. The average molecular weight is 281 g/mol. The van der Waals surface area contributed by atoms with Gasteiger partial charge in [0, 0.05) is 5.69 Å². The van der Waals surface area contributed by atoms with Gasteiger partial charge >= 0.3 is 0 Å². The minimum absolute atomic E-state index is 0.0211. The van der Waals surface area contributed by atoms with Crippen LogP contribution in [0.3, 0.4) is 0 Å². The summed E-state index contributed by atoms with van der Waals surface area (Å²) in [5, 5.41) is 2.99. The van der Waals surface area contributed by atoms with Crippen molar-refractivity contribution in [1.29, 1.82) is 0 Å². The molecule has 1 aliphatic rings. The molecule has 1 heterocycles. The van der Waals surface area contributed by atoms with Crippen molar-refractivity contribution in [2.75, 3.05) is 11.9 Å². The quantitative estimate of drug-likeness (QED) is 0.915. The van der Waals surface area contributed by atoms with Crippen LogP contribution in [0.25, 0.3) is 0 Å². The van der Waals surface area contributed by atoms with Crippen LogP contribution in [0.2, 0.25) is 0 Å². The number of carbonyl (C=O) groups is 1. The highest BCUT2D eigenvalue weighted by Crippen LogP contribution is 2.27. The monoisotopic (exact) mass is 281 g/mol. The van der Waals surface area contributed by atoms with Gasteiger partial charge in [-0.15, -0.1) is 0 Å². The average Bonchev–Trinajstić information content (AvgIpc) is 2.50. The minimum Gasteiger partial charge on any atom is -0.492 e. The smallest absolute Gasteiger partial charge is 0.231 e. The van der Waals surface area contributed by atoms with Gasteiger partial charge in [-0.25, -0.2) is 0 Å². The van der Waals surface area contributed by atoms with E-state index in [0.29, 0.717) is 6.61 Å². The van der Waals surface area contributed by atoms with Crippen molar-refractivity contribution in [3.8, 4) is 5.75 Å². The fourth-order valence-electron chi connectivity index (χ4n) is 2.56. The molecule has 108 valence electrons. The molecule has 1 N–H and O–H groups in total. The SMILES string of the molecule is Cc1ccc(NC(=O)C2COc3ccccc3C2)cc1C. The molecule has 1 amide bonds. The van der Waals surface area contributed by atoms with Crippen molar-refractivity contribution in [1.82, 2.24) is 0 Å². The molecule has 0 aromatic heterocycles. The molecule has 1 atom stereocenters. The second-order valence-electron chi connectivity index (χ2n) is 5.61. The molecular formula is C18H19NO2. The van der Waals surface area contributed by atoms with Gasteiger partial charge in [-0.1, -0.05) is 24.3 Å². The number of fused-ring (bicyclic) bond motifs is 1. The largest absolute Gasteiger partial charge is 0.492 e. The maximum atomic E-state index is 12.4. The zero-order valence-electron chi connectivity index (χ0n) is 12.3. The fraction of sp³-hybridized carbons (Fsp3) is 0.278. The van der Waals surface area contributed by atoms with Crippen LogP contribution in [0, 0.1) is 19.8 Å². The van der Waals surface area contributed by atoms with Crippen LogP contribution in [0.5, 0.6) is 5.75 Å². The Kier molecular flexibility index (Phi) is 3.65. The van der Waals surface area contributed by atoms with Crippen LogP contribution in [0.1, 0.15) is 16.7 Å². The molecule has 21 heavy (non-hydrogen) atoms. The summed E-state index contributed by atoms with van der Waals surface area (Å²) < 4.78 is 5.68. The van der Waals surface area contributed by atoms with Gasteiger partial charge in [-0.2, -0.15) is 0 Å². The highest BCUT2D eigenvalue weighted by Gasteiger charge is 2.25. The molecule has 3 rings (SSSR count). The number of ether oxygens (including phenoxy) is 1. The van der Waals surface area contributed by atoms with Crippen LogP contribution in [-0.2, 0) is 11.2 Å². The Bertz CT molecular complexity index is 679. The number of aryl methyl sites for hydroxylation is 2. The maximum absolute atomic E-state index is 12.4. The number of para-hydroxylation sites is 1. The van der Waals surface area contributed by atoms with Crippen molar-refractivity contribution < 1.29 is 9.53 Å². The van der Waals surface area contributed by atoms with Crippen LogP contribution >= 0.6 is 0 Å². The van der Waals surface area contributed by atoms with Gasteiger partial charge < -0.3 is 10.1 Å². The lowest BCUT2D eigenvalue weighted by Crippen LogP contribution is -2.32. The molecule has 0 fully saturated rings. The third-order valence-corrected chi connectivity index (χ3v) is 4.02. The summed E-state index contributed by atoms with van der Waals surface area (Å²) in [6.45, 7) is 4.55. The van der Waals surface area contributed by atoms with Crippen LogP contribution < -0.4 is 10.1 Å². The van der Waals surface area contributed by atoms with Crippen molar-refractivity contribution in [3.63, 3.8) is 0 Å². The molecule has 0 saturated heterocycles. The Morgan fingerprint density at radius 1 is 1.14 bits per heavy atom. The number of hydrogen-bond acceptors (Lipinski definition) is 2. The molecule has 0 radical (unpaired) electrons. The Morgan fingerprint density at radius 2 is 1.95 bits per heavy atom. The lowest BCUT2D eigenvalue weighted by atomic mass is 9.96. The Labute approximate surface area is 124 Å². The van der Waals surface area contributed by atoms with E-state index in [2.05, 4.69) is 12.2 Å². The maximum Gasteiger partial charge on any atom is 0.231 e. The molecule has 2 aromatic rings. The second-order valence-corrected chi connectivity index (χ2v) is 5.61. The molecule has 0 bridgehead atoms. The van der Waals surface area contributed by atoms with Gasteiger partial charge in [0.15, 0.2) is 0 Å². The van der Waals surface area contributed by atoms with E-state index in [9.17, 15) is 4.79 Å². The van der Waals surface area contributed by atoms with E-state index >= 15 is 0 Å². The van der Waals surface area contributed by atoms with E-state index in [-0.39, 0.29) is 11.8 Å².